The molecule has 0 spiro atoms. The van der Waals surface area contributed by atoms with Crippen molar-refractivity contribution in [1.29, 1.82) is 0 Å². The number of para-hydroxylation sites is 1. The van der Waals surface area contributed by atoms with Crippen LogP contribution in [-0.2, 0) is 16.4 Å². The summed E-state index contributed by atoms with van der Waals surface area (Å²) in [4.78, 5) is 17.6. The molecule has 2 aliphatic rings. The van der Waals surface area contributed by atoms with Gasteiger partial charge in [0.2, 0.25) is 0 Å². The molecule has 3 aromatic carbocycles. The van der Waals surface area contributed by atoms with E-state index in [1.807, 2.05) is 30.3 Å². The number of methoxy groups -OCH3 is 1. The summed E-state index contributed by atoms with van der Waals surface area (Å²) >= 11 is 0. The minimum absolute atomic E-state index is 0.0942. The number of amides is 1. The first kappa shape index (κ1) is 23.2. The van der Waals surface area contributed by atoms with Crippen molar-refractivity contribution in [2.75, 3.05) is 49.0 Å². The fourth-order valence-corrected chi connectivity index (χ4v) is 6.39. The Morgan fingerprint density at radius 3 is 2.40 bits per heavy atom. The summed E-state index contributed by atoms with van der Waals surface area (Å²) < 4.78 is 33.9. The maximum Gasteiger partial charge on any atom is 0.264 e. The molecule has 3 aromatic rings. The normalized spacial score (nSPS) is 15.8. The van der Waals surface area contributed by atoms with Gasteiger partial charge in [-0.2, -0.15) is 0 Å². The number of fused-ring (bicyclic) bond motifs is 1. The van der Waals surface area contributed by atoms with Gasteiger partial charge in [0, 0.05) is 38.4 Å². The lowest BCUT2D eigenvalue weighted by Gasteiger charge is -2.36. The Balaban J connectivity index is 1.38. The molecular weight excluding hydrogens is 462 g/mol. The number of hydrogen-bond acceptors (Lipinski definition) is 5. The molecule has 0 N–H and O–H groups in total. The van der Waals surface area contributed by atoms with Crippen molar-refractivity contribution < 1.29 is 17.9 Å². The van der Waals surface area contributed by atoms with E-state index in [2.05, 4.69) is 30.0 Å². The molecule has 0 radical (unpaired) electrons. The molecule has 1 amide bonds. The largest absolute Gasteiger partial charge is 0.496 e. The van der Waals surface area contributed by atoms with Crippen LogP contribution in [0.3, 0.4) is 0 Å². The third kappa shape index (κ3) is 4.34. The Kier molecular flexibility index (Phi) is 6.15. The molecule has 7 nitrogen and oxygen atoms in total. The van der Waals surface area contributed by atoms with Crippen molar-refractivity contribution in [2.45, 2.75) is 18.2 Å². The third-order valence-electron chi connectivity index (χ3n) is 6.77. The van der Waals surface area contributed by atoms with E-state index in [9.17, 15) is 13.2 Å². The van der Waals surface area contributed by atoms with Gasteiger partial charge in [0.05, 0.1) is 23.3 Å². The quantitative estimate of drug-likeness (QED) is 0.544. The molecule has 1 fully saturated rings. The van der Waals surface area contributed by atoms with E-state index in [0.717, 1.165) is 11.3 Å². The van der Waals surface area contributed by atoms with Crippen LogP contribution in [0.4, 0.5) is 11.4 Å². The molecule has 0 saturated carbocycles. The monoisotopic (exact) mass is 491 g/mol. The van der Waals surface area contributed by atoms with E-state index < -0.39 is 10.0 Å². The first-order valence-electron chi connectivity index (χ1n) is 11.8. The van der Waals surface area contributed by atoms with Gasteiger partial charge in [0.1, 0.15) is 5.75 Å². The Hall–Kier alpha value is -3.52. The van der Waals surface area contributed by atoms with Crippen LogP contribution in [0.15, 0.2) is 71.6 Å². The number of carbonyl (C=O) groups is 1. The number of ether oxygens (including phenoxy) is 1. The smallest absolute Gasteiger partial charge is 0.264 e. The Morgan fingerprint density at radius 1 is 0.886 bits per heavy atom. The van der Waals surface area contributed by atoms with E-state index in [4.69, 9.17) is 4.74 Å². The fourth-order valence-electron chi connectivity index (χ4n) is 4.86. The Morgan fingerprint density at radius 2 is 1.66 bits per heavy atom. The van der Waals surface area contributed by atoms with Gasteiger partial charge in [-0.05, 0) is 60.9 Å². The number of benzene rings is 3. The summed E-state index contributed by atoms with van der Waals surface area (Å²) in [6, 6.07) is 20.4. The maximum atomic E-state index is 13.5. The SMILES string of the molecule is COc1ccc(S(=O)(=O)N2CCc3ccccc32)cc1C(=O)N1CCN(c2cccc(C)c2)CC1. The fraction of sp³-hybridized carbons (Fsp3) is 0.296. The van der Waals surface area contributed by atoms with Crippen LogP contribution in [-0.4, -0.2) is 59.1 Å². The molecule has 5 rings (SSSR count). The molecule has 0 aromatic heterocycles. The van der Waals surface area contributed by atoms with Crippen molar-refractivity contribution in [3.05, 3.63) is 83.4 Å². The van der Waals surface area contributed by atoms with Gasteiger partial charge in [0.25, 0.3) is 15.9 Å². The molecule has 0 bridgehead atoms. The van der Waals surface area contributed by atoms with Crippen molar-refractivity contribution in [3.63, 3.8) is 0 Å². The predicted octanol–water partition coefficient (Wildman–Crippen LogP) is 3.72. The van der Waals surface area contributed by atoms with E-state index in [1.165, 1.54) is 29.1 Å². The van der Waals surface area contributed by atoms with Crippen molar-refractivity contribution >= 4 is 27.3 Å². The number of aryl methyl sites for hydroxylation is 1. The highest BCUT2D eigenvalue weighted by atomic mass is 32.2. The number of sulfonamides is 1. The summed E-state index contributed by atoms with van der Waals surface area (Å²) in [5, 5.41) is 0. The summed E-state index contributed by atoms with van der Waals surface area (Å²) in [7, 11) is -2.32. The Labute approximate surface area is 206 Å². The molecular formula is C27H29N3O4S. The molecule has 8 heteroatoms. The Bertz CT molecular complexity index is 1360. The molecule has 182 valence electrons. The number of nitrogens with zero attached hydrogens (tertiary/aromatic N) is 3. The predicted molar refractivity (Wildman–Crippen MR) is 137 cm³/mol. The summed E-state index contributed by atoms with van der Waals surface area (Å²) in [5.74, 6) is 0.154. The molecule has 35 heavy (non-hydrogen) atoms. The van der Waals surface area contributed by atoms with Gasteiger partial charge >= 0.3 is 0 Å². The second-order valence-electron chi connectivity index (χ2n) is 8.94. The number of piperazine rings is 1. The highest BCUT2D eigenvalue weighted by Crippen LogP contribution is 2.34. The minimum Gasteiger partial charge on any atom is -0.496 e. The van der Waals surface area contributed by atoms with Crippen LogP contribution in [0.25, 0.3) is 0 Å². The van der Waals surface area contributed by atoms with Crippen molar-refractivity contribution in [2.24, 2.45) is 0 Å². The third-order valence-corrected chi connectivity index (χ3v) is 8.58. The van der Waals surface area contributed by atoms with Gasteiger partial charge in [-0.1, -0.05) is 30.3 Å². The zero-order chi connectivity index (χ0) is 24.6. The van der Waals surface area contributed by atoms with Crippen LogP contribution < -0.4 is 13.9 Å². The highest BCUT2D eigenvalue weighted by molar-refractivity contribution is 7.92. The van der Waals surface area contributed by atoms with Gasteiger partial charge in [-0.15, -0.1) is 0 Å². The lowest BCUT2D eigenvalue weighted by Crippen LogP contribution is -2.48. The molecule has 2 aliphatic heterocycles. The average Bonchev–Trinajstić information content (AvgIpc) is 3.33. The highest BCUT2D eigenvalue weighted by Gasteiger charge is 2.32. The van der Waals surface area contributed by atoms with Crippen molar-refractivity contribution in [3.8, 4) is 5.75 Å². The van der Waals surface area contributed by atoms with Gasteiger partial charge in [-0.3, -0.25) is 9.10 Å². The van der Waals surface area contributed by atoms with Gasteiger partial charge in [0.15, 0.2) is 0 Å². The number of hydrogen-bond donors (Lipinski definition) is 0. The lowest BCUT2D eigenvalue weighted by molar-refractivity contribution is 0.0743. The molecule has 0 aliphatic carbocycles. The number of carbonyl (C=O) groups excluding carboxylic acids is 1. The molecule has 0 atom stereocenters. The molecule has 2 heterocycles. The summed E-state index contributed by atoms with van der Waals surface area (Å²) in [6.45, 7) is 4.97. The first-order valence-corrected chi connectivity index (χ1v) is 13.2. The minimum atomic E-state index is -3.81. The lowest BCUT2D eigenvalue weighted by atomic mass is 10.1. The first-order chi connectivity index (χ1) is 16.9. The number of anilines is 2. The zero-order valence-corrected chi connectivity index (χ0v) is 20.8. The van der Waals surface area contributed by atoms with Gasteiger partial charge in [-0.25, -0.2) is 8.42 Å². The van der Waals surface area contributed by atoms with Gasteiger partial charge < -0.3 is 14.5 Å². The van der Waals surface area contributed by atoms with E-state index in [0.29, 0.717) is 50.6 Å². The zero-order valence-electron chi connectivity index (χ0n) is 20.0. The second kappa shape index (κ2) is 9.26. The average molecular weight is 492 g/mol. The summed E-state index contributed by atoms with van der Waals surface area (Å²) in [5.41, 5.74) is 4.32. The standard InChI is InChI=1S/C27H29N3O4S/c1-20-6-5-8-22(18-20)28-14-16-29(17-15-28)27(31)24-19-23(10-11-26(24)34-2)35(32,33)30-13-12-21-7-3-4-9-25(21)30/h3-11,18-19H,12-17H2,1-2H3. The topological polar surface area (TPSA) is 70.2 Å². The van der Waals surface area contributed by atoms with Crippen LogP contribution in [0, 0.1) is 6.92 Å². The van der Waals surface area contributed by atoms with Crippen molar-refractivity contribution in [1.82, 2.24) is 4.90 Å². The van der Waals surface area contributed by atoms with Crippen LogP contribution >= 0.6 is 0 Å². The molecule has 1 saturated heterocycles. The van der Waals surface area contributed by atoms with Crippen LogP contribution in [0.1, 0.15) is 21.5 Å². The maximum absolute atomic E-state index is 13.5. The number of rotatable bonds is 5. The van der Waals surface area contributed by atoms with E-state index in [1.54, 1.807) is 11.0 Å². The second-order valence-corrected chi connectivity index (χ2v) is 10.8. The summed E-state index contributed by atoms with van der Waals surface area (Å²) in [6.07, 6.45) is 0.669. The van der Waals surface area contributed by atoms with E-state index in [-0.39, 0.29) is 16.4 Å². The molecule has 0 unspecified atom stereocenters. The van der Waals surface area contributed by atoms with Crippen LogP contribution in [0.5, 0.6) is 5.75 Å². The van der Waals surface area contributed by atoms with Crippen LogP contribution in [0.2, 0.25) is 0 Å². The van der Waals surface area contributed by atoms with E-state index >= 15 is 0 Å².